The van der Waals surface area contributed by atoms with Crippen molar-refractivity contribution in [3.8, 4) is 0 Å². The van der Waals surface area contributed by atoms with Gasteiger partial charge in [0.1, 0.15) is 12.7 Å². The second kappa shape index (κ2) is 10.9. The van der Waals surface area contributed by atoms with Crippen LogP contribution in [0.2, 0.25) is 0 Å². The zero-order valence-corrected chi connectivity index (χ0v) is 23.0. The molecule has 7 nitrogen and oxygen atoms in total. The molecule has 0 aromatic heterocycles. The molecule has 0 saturated carbocycles. The number of carbonyl (C=O) groups excluding carboxylic acids is 2. The van der Waals surface area contributed by atoms with E-state index in [1.165, 1.54) is 0 Å². The Bertz CT molecular complexity index is 1030. The van der Waals surface area contributed by atoms with Gasteiger partial charge >= 0.3 is 11.9 Å². The SMILES string of the molecule is CN(C)c1ccc(C(=O)OCCN2C(C)(C)CC(OC(=O)c3ccc(N(C)C)cc3)CC2(C)C)cc1. The van der Waals surface area contributed by atoms with Gasteiger partial charge in [-0.1, -0.05) is 0 Å². The van der Waals surface area contributed by atoms with E-state index in [9.17, 15) is 9.59 Å². The highest BCUT2D eigenvalue weighted by atomic mass is 16.5. The third kappa shape index (κ3) is 6.58. The van der Waals surface area contributed by atoms with Crippen LogP contribution in [0.15, 0.2) is 48.5 Å². The molecule has 0 unspecified atom stereocenters. The van der Waals surface area contributed by atoms with Crippen LogP contribution in [-0.2, 0) is 9.47 Å². The number of anilines is 2. The zero-order valence-electron chi connectivity index (χ0n) is 23.0. The molecule has 0 spiro atoms. The van der Waals surface area contributed by atoms with E-state index in [1.54, 1.807) is 12.1 Å². The molecule has 196 valence electrons. The summed E-state index contributed by atoms with van der Waals surface area (Å²) < 4.78 is 11.6. The van der Waals surface area contributed by atoms with E-state index < -0.39 is 0 Å². The summed E-state index contributed by atoms with van der Waals surface area (Å²) in [6.07, 6.45) is 1.22. The number of piperidine rings is 1. The number of esters is 2. The first-order chi connectivity index (χ1) is 16.8. The molecule has 1 saturated heterocycles. The Balaban J connectivity index is 1.57. The molecule has 0 amide bonds. The first kappa shape index (κ1) is 27.5. The third-order valence-corrected chi connectivity index (χ3v) is 6.98. The highest BCUT2D eigenvalue weighted by molar-refractivity contribution is 5.90. The lowest BCUT2D eigenvalue weighted by molar-refractivity contribution is -0.0927. The topological polar surface area (TPSA) is 62.3 Å². The minimum Gasteiger partial charge on any atom is -0.461 e. The Morgan fingerprint density at radius 2 is 1.19 bits per heavy atom. The van der Waals surface area contributed by atoms with Gasteiger partial charge in [-0.25, -0.2) is 9.59 Å². The van der Waals surface area contributed by atoms with E-state index in [4.69, 9.17) is 9.47 Å². The average molecular weight is 496 g/mol. The Morgan fingerprint density at radius 1 is 0.778 bits per heavy atom. The first-order valence-corrected chi connectivity index (χ1v) is 12.5. The van der Waals surface area contributed by atoms with Crippen LogP contribution in [0.3, 0.4) is 0 Å². The van der Waals surface area contributed by atoms with Crippen molar-refractivity contribution < 1.29 is 19.1 Å². The molecule has 0 aliphatic carbocycles. The van der Waals surface area contributed by atoms with E-state index in [-0.39, 0.29) is 29.1 Å². The molecule has 1 fully saturated rings. The quantitative estimate of drug-likeness (QED) is 0.485. The largest absolute Gasteiger partial charge is 0.461 e. The monoisotopic (exact) mass is 495 g/mol. The molecular formula is C29H41N3O4. The van der Waals surface area contributed by atoms with Crippen molar-refractivity contribution in [1.82, 2.24) is 4.90 Å². The second-order valence-electron chi connectivity index (χ2n) is 11.2. The van der Waals surface area contributed by atoms with Crippen LogP contribution >= 0.6 is 0 Å². The third-order valence-electron chi connectivity index (χ3n) is 6.98. The predicted octanol–water partition coefficient (Wildman–Crippen LogP) is 4.85. The van der Waals surface area contributed by atoms with Crippen LogP contribution in [0.25, 0.3) is 0 Å². The lowest BCUT2D eigenvalue weighted by Crippen LogP contribution is -2.63. The van der Waals surface area contributed by atoms with E-state index in [1.807, 2.05) is 74.4 Å². The predicted molar refractivity (Wildman–Crippen MR) is 145 cm³/mol. The number of benzene rings is 2. The van der Waals surface area contributed by atoms with Gasteiger partial charge in [-0.3, -0.25) is 4.90 Å². The summed E-state index contributed by atoms with van der Waals surface area (Å²) in [7, 11) is 7.86. The van der Waals surface area contributed by atoms with Gasteiger partial charge in [-0.15, -0.1) is 0 Å². The van der Waals surface area contributed by atoms with Crippen LogP contribution in [0.4, 0.5) is 11.4 Å². The Morgan fingerprint density at radius 3 is 1.61 bits per heavy atom. The van der Waals surface area contributed by atoms with Crippen molar-refractivity contribution in [2.45, 2.75) is 57.7 Å². The number of rotatable bonds is 8. The molecule has 2 aromatic carbocycles. The molecule has 0 N–H and O–H groups in total. The Hall–Kier alpha value is -3.06. The van der Waals surface area contributed by atoms with Gasteiger partial charge in [0.15, 0.2) is 0 Å². The molecule has 0 bridgehead atoms. The minimum atomic E-state index is -0.319. The highest BCUT2D eigenvalue weighted by Gasteiger charge is 2.46. The maximum Gasteiger partial charge on any atom is 0.338 e. The van der Waals surface area contributed by atoms with Gasteiger partial charge in [0.2, 0.25) is 0 Å². The average Bonchev–Trinajstić information content (AvgIpc) is 2.80. The van der Waals surface area contributed by atoms with E-state index in [0.29, 0.717) is 37.1 Å². The van der Waals surface area contributed by atoms with E-state index in [2.05, 4.69) is 32.6 Å². The smallest absolute Gasteiger partial charge is 0.338 e. The molecule has 2 aromatic rings. The fourth-order valence-electron chi connectivity index (χ4n) is 5.24. The normalized spacial score (nSPS) is 17.3. The molecule has 1 heterocycles. The van der Waals surface area contributed by atoms with Gasteiger partial charge in [0, 0.05) is 70.0 Å². The Kier molecular flexibility index (Phi) is 8.34. The summed E-state index contributed by atoms with van der Waals surface area (Å²) >= 11 is 0. The molecule has 1 aliphatic heterocycles. The van der Waals surface area contributed by atoms with Gasteiger partial charge in [-0.05, 0) is 76.2 Å². The summed E-state index contributed by atoms with van der Waals surface area (Å²) in [6.45, 7) is 9.52. The molecular weight excluding hydrogens is 454 g/mol. The van der Waals surface area contributed by atoms with Gasteiger partial charge in [0.25, 0.3) is 0 Å². The lowest BCUT2D eigenvalue weighted by atomic mass is 9.78. The van der Waals surface area contributed by atoms with E-state index >= 15 is 0 Å². The number of ether oxygens (including phenoxy) is 2. The molecule has 36 heavy (non-hydrogen) atoms. The van der Waals surface area contributed by atoms with Gasteiger partial charge in [0.05, 0.1) is 11.1 Å². The summed E-state index contributed by atoms with van der Waals surface area (Å²) in [5.74, 6) is -0.611. The standard InChI is InChI=1S/C29H41N3O4/c1-28(2)19-25(36-27(34)22-11-15-24(16-12-22)31(7)8)20-29(3,4)32(28)17-18-35-26(33)21-9-13-23(14-10-21)30(5)6/h9-16,25H,17-20H2,1-8H3. The van der Waals surface area contributed by atoms with Crippen LogP contribution in [0, 0.1) is 0 Å². The molecule has 0 radical (unpaired) electrons. The number of likely N-dealkylation sites (tertiary alicyclic amines) is 1. The molecule has 7 heteroatoms. The maximum absolute atomic E-state index is 12.8. The highest BCUT2D eigenvalue weighted by Crippen LogP contribution is 2.39. The summed E-state index contributed by atoms with van der Waals surface area (Å²) in [6, 6.07) is 14.9. The minimum absolute atomic E-state index is 0.190. The fraction of sp³-hybridized carbons (Fsp3) is 0.517. The maximum atomic E-state index is 12.8. The van der Waals surface area contributed by atoms with Crippen molar-refractivity contribution in [2.24, 2.45) is 0 Å². The molecule has 0 atom stereocenters. The number of hydrogen-bond acceptors (Lipinski definition) is 7. The van der Waals surface area contributed by atoms with E-state index in [0.717, 1.165) is 11.4 Å². The first-order valence-electron chi connectivity index (χ1n) is 12.5. The number of hydrogen-bond donors (Lipinski definition) is 0. The number of carbonyl (C=O) groups is 2. The van der Waals surface area contributed by atoms with Crippen molar-refractivity contribution in [1.29, 1.82) is 0 Å². The lowest BCUT2D eigenvalue weighted by Gasteiger charge is -2.54. The summed E-state index contributed by atoms with van der Waals surface area (Å²) in [4.78, 5) is 31.7. The van der Waals surface area contributed by atoms with Crippen LogP contribution in [-0.4, -0.2) is 75.4 Å². The van der Waals surface area contributed by atoms with Crippen molar-refractivity contribution in [2.75, 3.05) is 51.1 Å². The van der Waals surface area contributed by atoms with Crippen molar-refractivity contribution >= 4 is 23.3 Å². The number of nitrogens with zero attached hydrogens (tertiary/aromatic N) is 3. The molecule has 1 aliphatic rings. The van der Waals surface area contributed by atoms with Gasteiger partial charge < -0.3 is 19.3 Å². The Labute approximate surface area is 216 Å². The van der Waals surface area contributed by atoms with Crippen LogP contribution in [0.1, 0.15) is 61.3 Å². The zero-order chi connectivity index (χ0) is 26.7. The molecule has 3 rings (SSSR count). The summed E-state index contributed by atoms with van der Waals surface area (Å²) in [5, 5.41) is 0. The van der Waals surface area contributed by atoms with Gasteiger partial charge in [-0.2, -0.15) is 0 Å². The second-order valence-corrected chi connectivity index (χ2v) is 11.2. The van der Waals surface area contributed by atoms with Crippen molar-refractivity contribution in [3.05, 3.63) is 59.7 Å². The fourth-order valence-corrected chi connectivity index (χ4v) is 5.24. The van der Waals surface area contributed by atoms with Crippen LogP contribution < -0.4 is 9.80 Å². The van der Waals surface area contributed by atoms with Crippen LogP contribution in [0.5, 0.6) is 0 Å². The van der Waals surface area contributed by atoms with Crippen molar-refractivity contribution in [3.63, 3.8) is 0 Å². The summed E-state index contributed by atoms with van der Waals surface area (Å²) in [5.41, 5.74) is 2.70.